The highest BCUT2D eigenvalue weighted by molar-refractivity contribution is 7.12. The Labute approximate surface area is 166 Å². The predicted octanol–water partition coefficient (Wildman–Crippen LogP) is 2.56. The molecule has 0 saturated heterocycles. The molecule has 1 amide bonds. The molecule has 3 rings (SSSR count). The van der Waals surface area contributed by atoms with Crippen molar-refractivity contribution in [1.29, 1.82) is 0 Å². The molecule has 7 nitrogen and oxygen atoms in total. The normalized spacial score (nSPS) is 12.1. The van der Waals surface area contributed by atoms with Crippen molar-refractivity contribution in [1.82, 2.24) is 14.7 Å². The molecule has 0 radical (unpaired) electrons. The predicted molar refractivity (Wildman–Crippen MR) is 106 cm³/mol. The second kappa shape index (κ2) is 8.35. The summed E-state index contributed by atoms with van der Waals surface area (Å²) in [5, 5.41) is 4.51. The number of hydrogen-bond acceptors (Lipinski definition) is 6. The first kappa shape index (κ1) is 19.8. The van der Waals surface area contributed by atoms with Crippen LogP contribution in [0.2, 0.25) is 0 Å². The minimum atomic E-state index is -0.794. The molecule has 8 heteroatoms. The second-order valence-corrected chi connectivity index (χ2v) is 7.70. The first-order chi connectivity index (χ1) is 13.4. The summed E-state index contributed by atoms with van der Waals surface area (Å²) < 4.78 is 6.80. The van der Waals surface area contributed by atoms with Crippen LogP contribution in [0.15, 0.2) is 46.7 Å². The molecule has 1 N–H and O–H groups in total. The summed E-state index contributed by atoms with van der Waals surface area (Å²) in [5.74, 6) is -1.04. The van der Waals surface area contributed by atoms with Gasteiger partial charge in [-0.3, -0.25) is 14.0 Å². The van der Waals surface area contributed by atoms with E-state index < -0.39 is 12.0 Å². The lowest BCUT2D eigenvalue weighted by atomic mass is 10.0. The third-order valence-electron chi connectivity index (χ3n) is 4.25. The quantitative estimate of drug-likeness (QED) is 0.644. The van der Waals surface area contributed by atoms with Crippen LogP contribution in [0.4, 0.5) is 0 Å². The van der Waals surface area contributed by atoms with Gasteiger partial charge in [-0.05, 0) is 35.9 Å². The third-order valence-corrected chi connectivity index (χ3v) is 5.12. The highest BCUT2D eigenvalue weighted by Crippen LogP contribution is 2.12. The SMILES string of the molecule is Cc1cccn2c(=O)cc(COC(=O)[C@H](NC(=O)c3cccs3)C(C)C)nc12. The van der Waals surface area contributed by atoms with Crippen molar-refractivity contribution in [3.63, 3.8) is 0 Å². The van der Waals surface area contributed by atoms with Crippen molar-refractivity contribution >= 4 is 28.9 Å². The van der Waals surface area contributed by atoms with E-state index in [1.165, 1.54) is 21.8 Å². The number of carbonyl (C=O) groups excluding carboxylic acids is 2. The van der Waals surface area contributed by atoms with Crippen LogP contribution in [0, 0.1) is 12.8 Å². The van der Waals surface area contributed by atoms with Crippen LogP contribution in [-0.2, 0) is 16.1 Å². The lowest BCUT2D eigenvalue weighted by Crippen LogP contribution is -2.45. The number of rotatable bonds is 6. The van der Waals surface area contributed by atoms with Gasteiger partial charge >= 0.3 is 5.97 Å². The molecule has 0 bridgehead atoms. The average Bonchev–Trinajstić information content (AvgIpc) is 3.19. The van der Waals surface area contributed by atoms with Gasteiger partial charge in [0.15, 0.2) is 0 Å². The van der Waals surface area contributed by atoms with E-state index in [1.807, 2.05) is 26.8 Å². The molecule has 146 valence electrons. The molecule has 0 saturated carbocycles. The standard InChI is InChI=1S/C20H21N3O4S/c1-12(2)17(22-19(25)15-7-5-9-28-15)20(26)27-11-14-10-16(24)23-8-4-6-13(3)18(23)21-14/h4-10,12,17H,11H2,1-3H3,(H,22,25)/t17-/m1/s1. The smallest absolute Gasteiger partial charge is 0.329 e. The van der Waals surface area contributed by atoms with Crippen molar-refractivity contribution in [2.45, 2.75) is 33.4 Å². The highest BCUT2D eigenvalue weighted by Gasteiger charge is 2.26. The molecule has 1 atom stereocenters. The topological polar surface area (TPSA) is 89.8 Å². The van der Waals surface area contributed by atoms with E-state index in [4.69, 9.17) is 4.74 Å². The van der Waals surface area contributed by atoms with E-state index in [0.29, 0.717) is 16.2 Å². The molecule has 0 aliphatic carbocycles. The average molecular weight is 399 g/mol. The first-order valence-corrected chi connectivity index (χ1v) is 9.73. The van der Waals surface area contributed by atoms with Crippen molar-refractivity contribution < 1.29 is 14.3 Å². The van der Waals surface area contributed by atoms with E-state index in [0.717, 1.165) is 5.56 Å². The Morgan fingerprint density at radius 2 is 2.07 bits per heavy atom. The summed E-state index contributed by atoms with van der Waals surface area (Å²) in [6.45, 7) is 5.36. The van der Waals surface area contributed by atoms with Crippen LogP contribution in [0.25, 0.3) is 5.65 Å². The van der Waals surface area contributed by atoms with Gasteiger partial charge in [-0.25, -0.2) is 9.78 Å². The van der Waals surface area contributed by atoms with E-state index in [2.05, 4.69) is 10.3 Å². The van der Waals surface area contributed by atoms with E-state index in [-0.39, 0.29) is 24.0 Å². The highest BCUT2D eigenvalue weighted by atomic mass is 32.1. The van der Waals surface area contributed by atoms with Crippen molar-refractivity contribution in [3.05, 3.63) is 68.4 Å². The molecule has 0 aliphatic heterocycles. The number of pyridine rings is 1. The van der Waals surface area contributed by atoms with E-state index in [9.17, 15) is 14.4 Å². The number of ether oxygens (including phenoxy) is 1. The Hall–Kier alpha value is -3.00. The Morgan fingerprint density at radius 1 is 1.29 bits per heavy atom. The molecular weight excluding hydrogens is 378 g/mol. The molecular formula is C20H21N3O4S. The fourth-order valence-electron chi connectivity index (χ4n) is 2.74. The lowest BCUT2D eigenvalue weighted by molar-refractivity contribution is -0.148. The summed E-state index contributed by atoms with van der Waals surface area (Å²) in [4.78, 5) is 42.0. The molecule has 3 aromatic rings. The number of aromatic nitrogens is 2. The zero-order chi connectivity index (χ0) is 20.3. The largest absolute Gasteiger partial charge is 0.458 e. The van der Waals surface area contributed by atoms with Crippen LogP contribution in [0.1, 0.15) is 34.8 Å². The van der Waals surface area contributed by atoms with Crippen LogP contribution < -0.4 is 10.9 Å². The lowest BCUT2D eigenvalue weighted by Gasteiger charge is -2.20. The molecule has 0 spiro atoms. The minimum Gasteiger partial charge on any atom is -0.458 e. The molecule has 3 heterocycles. The monoisotopic (exact) mass is 399 g/mol. The maximum Gasteiger partial charge on any atom is 0.329 e. The molecule has 0 aliphatic rings. The minimum absolute atomic E-state index is 0.142. The van der Waals surface area contributed by atoms with Gasteiger partial charge in [0.1, 0.15) is 18.3 Å². The Morgan fingerprint density at radius 3 is 2.75 bits per heavy atom. The Kier molecular flexibility index (Phi) is 5.89. The second-order valence-electron chi connectivity index (χ2n) is 6.75. The van der Waals surface area contributed by atoms with Gasteiger partial charge in [0.2, 0.25) is 0 Å². The number of carbonyl (C=O) groups is 2. The molecule has 0 fully saturated rings. The van der Waals surface area contributed by atoms with Crippen molar-refractivity contribution in [3.8, 4) is 0 Å². The van der Waals surface area contributed by atoms with Crippen LogP contribution in [0.3, 0.4) is 0 Å². The zero-order valence-corrected chi connectivity index (χ0v) is 16.7. The number of fused-ring (bicyclic) bond motifs is 1. The fraction of sp³-hybridized carbons (Fsp3) is 0.300. The summed E-state index contributed by atoms with van der Waals surface area (Å²) in [5.41, 5.74) is 1.48. The maximum absolute atomic E-state index is 12.5. The summed E-state index contributed by atoms with van der Waals surface area (Å²) in [6, 6.07) is 7.64. The van der Waals surface area contributed by atoms with Gasteiger partial charge in [0.05, 0.1) is 10.6 Å². The van der Waals surface area contributed by atoms with Gasteiger partial charge in [0, 0.05) is 12.3 Å². The first-order valence-electron chi connectivity index (χ1n) is 8.85. The number of aryl methyl sites for hydroxylation is 1. The van der Waals surface area contributed by atoms with Gasteiger partial charge in [-0.2, -0.15) is 0 Å². The summed E-state index contributed by atoms with van der Waals surface area (Å²) in [6.07, 6.45) is 1.64. The number of nitrogens with one attached hydrogen (secondary N) is 1. The number of hydrogen-bond donors (Lipinski definition) is 1. The number of thiophene rings is 1. The van der Waals surface area contributed by atoms with Crippen molar-refractivity contribution in [2.24, 2.45) is 5.92 Å². The van der Waals surface area contributed by atoms with Gasteiger partial charge in [0.25, 0.3) is 11.5 Å². The van der Waals surface area contributed by atoms with Crippen LogP contribution >= 0.6 is 11.3 Å². The number of esters is 1. The van der Waals surface area contributed by atoms with E-state index in [1.54, 1.807) is 29.8 Å². The Bertz CT molecular complexity index is 1060. The van der Waals surface area contributed by atoms with Gasteiger partial charge in [-0.15, -0.1) is 11.3 Å². The van der Waals surface area contributed by atoms with Crippen LogP contribution in [0.5, 0.6) is 0 Å². The molecule has 3 aromatic heterocycles. The molecule has 28 heavy (non-hydrogen) atoms. The summed E-state index contributed by atoms with van der Waals surface area (Å²) >= 11 is 1.30. The van der Waals surface area contributed by atoms with Gasteiger partial charge in [-0.1, -0.05) is 26.0 Å². The van der Waals surface area contributed by atoms with Crippen LogP contribution in [-0.4, -0.2) is 27.3 Å². The molecule has 0 aromatic carbocycles. The number of amides is 1. The summed E-state index contributed by atoms with van der Waals surface area (Å²) in [7, 11) is 0. The zero-order valence-electron chi connectivity index (χ0n) is 15.8. The van der Waals surface area contributed by atoms with Gasteiger partial charge < -0.3 is 10.1 Å². The number of nitrogens with zero attached hydrogens (tertiary/aromatic N) is 2. The van der Waals surface area contributed by atoms with Crippen molar-refractivity contribution in [2.75, 3.05) is 0 Å². The molecule has 0 unspecified atom stereocenters. The van der Waals surface area contributed by atoms with E-state index >= 15 is 0 Å². The Balaban J connectivity index is 1.72. The maximum atomic E-state index is 12.5. The fourth-order valence-corrected chi connectivity index (χ4v) is 3.36. The third kappa shape index (κ3) is 4.28.